The first-order valence-corrected chi connectivity index (χ1v) is 11.7. The summed E-state index contributed by atoms with van der Waals surface area (Å²) in [5.74, 6) is 1.87. The lowest BCUT2D eigenvalue weighted by Crippen LogP contribution is -2.48. The molecule has 2 aliphatic heterocycles. The molecule has 3 fully saturated rings. The number of hydrogen-bond acceptors (Lipinski definition) is 4. The summed E-state index contributed by atoms with van der Waals surface area (Å²) in [5, 5.41) is 6.81. The first-order chi connectivity index (χ1) is 14.5. The third kappa shape index (κ3) is 4.94. The predicted octanol–water partition coefficient (Wildman–Crippen LogP) is 2.09. The van der Waals surface area contributed by atoms with E-state index in [1.54, 1.807) is 7.05 Å². The highest BCUT2D eigenvalue weighted by molar-refractivity contribution is 14.0. The molecule has 0 aromatic heterocycles. The van der Waals surface area contributed by atoms with E-state index in [9.17, 15) is 9.59 Å². The van der Waals surface area contributed by atoms with Crippen LogP contribution in [0.1, 0.15) is 39.5 Å². The molecule has 0 radical (unpaired) electrons. The van der Waals surface area contributed by atoms with E-state index in [1.165, 1.54) is 30.8 Å². The van der Waals surface area contributed by atoms with Crippen LogP contribution in [0.25, 0.3) is 0 Å². The highest BCUT2D eigenvalue weighted by atomic mass is 127. The Morgan fingerprint density at radius 3 is 2.26 bits per heavy atom. The molecule has 2 aliphatic carbocycles. The third-order valence-electron chi connectivity index (χ3n) is 7.49. The molecule has 0 spiro atoms. The van der Waals surface area contributed by atoms with Crippen molar-refractivity contribution >= 4 is 41.8 Å². The third-order valence-corrected chi connectivity index (χ3v) is 7.49. The molecule has 5 atom stereocenters. The number of aliphatic imine (C=N–C) groups is 1. The van der Waals surface area contributed by atoms with Crippen LogP contribution in [-0.4, -0.2) is 73.4 Å². The second-order valence-corrected chi connectivity index (χ2v) is 9.62. The van der Waals surface area contributed by atoms with Crippen molar-refractivity contribution in [2.45, 2.75) is 45.6 Å². The van der Waals surface area contributed by atoms with Crippen LogP contribution in [0.4, 0.5) is 0 Å². The summed E-state index contributed by atoms with van der Waals surface area (Å²) >= 11 is 0. The molecule has 7 nitrogen and oxygen atoms in total. The summed E-state index contributed by atoms with van der Waals surface area (Å²) < 4.78 is 0. The van der Waals surface area contributed by atoms with Gasteiger partial charge in [0.25, 0.3) is 0 Å². The van der Waals surface area contributed by atoms with E-state index in [2.05, 4.69) is 46.5 Å². The number of nitrogens with zero attached hydrogens (tertiary/aromatic N) is 3. The van der Waals surface area contributed by atoms with Gasteiger partial charge in [0.1, 0.15) is 0 Å². The van der Waals surface area contributed by atoms with Crippen molar-refractivity contribution in [3.05, 3.63) is 12.2 Å². The van der Waals surface area contributed by atoms with Gasteiger partial charge in [-0.2, -0.15) is 0 Å². The normalized spacial score (nSPS) is 30.8. The van der Waals surface area contributed by atoms with Gasteiger partial charge in [-0.15, -0.1) is 24.0 Å². The molecule has 4 rings (SSSR count). The Hall–Kier alpha value is -1.16. The van der Waals surface area contributed by atoms with Gasteiger partial charge in [0.2, 0.25) is 11.8 Å². The molecule has 2 amide bonds. The van der Waals surface area contributed by atoms with E-state index >= 15 is 0 Å². The molecule has 2 N–H and O–H groups in total. The number of hydrogen-bond donors (Lipinski definition) is 2. The van der Waals surface area contributed by atoms with Crippen molar-refractivity contribution in [2.75, 3.05) is 39.8 Å². The van der Waals surface area contributed by atoms with Gasteiger partial charge in [-0.1, -0.05) is 26.0 Å². The molecule has 1 saturated carbocycles. The molecule has 174 valence electrons. The fourth-order valence-electron chi connectivity index (χ4n) is 5.91. The second-order valence-electron chi connectivity index (χ2n) is 9.62. The number of carbonyl (C=O) groups excluding carboxylic acids is 2. The number of fused-ring (bicyclic) bond motifs is 5. The highest BCUT2D eigenvalue weighted by Crippen LogP contribution is 2.52. The Labute approximate surface area is 203 Å². The summed E-state index contributed by atoms with van der Waals surface area (Å²) in [6.07, 6.45) is 8.60. The number of halogens is 1. The number of rotatable bonds is 8. The van der Waals surface area contributed by atoms with Crippen LogP contribution in [0.15, 0.2) is 17.1 Å². The zero-order valence-corrected chi connectivity index (χ0v) is 21.4. The van der Waals surface area contributed by atoms with Crippen LogP contribution in [-0.2, 0) is 9.59 Å². The second kappa shape index (κ2) is 10.6. The van der Waals surface area contributed by atoms with Crippen LogP contribution in [0.3, 0.4) is 0 Å². The summed E-state index contributed by atoms with van der Waals surface area (Å²) in [5.41, 5.74) is 0. The summed E-state index contributed by atoms with van der Waals surface area (Å²) in [6, 6.07) is 0.509. The van der Waals surface area contributed by atoms with Gasteiger partial charge in [0.15, 0.2) is 5.96 Å². The van der Waals surface area contributed by atoms with Gasteiger partial charge >= 0.3 is 0 Å². The van der Waals surface area contributed by atoms with Crippen LogP contribution < -0.4 is 10.6 Å². The quantitative estimate of drug-likeness (QED) is 0.123. The number of amides is 2. The van der Waals surface area contributed by atoms with Crippen LogP contribution in [0.2, 0.25) is 0 Å². The molecule has 2 bridgehead atoms. The first-order valence-electron chi connectivity index (χ1n) is 11.7. The van der Waals surface area contributed by atoms with Crippen molar-refractivity contribution in [1.29, 1.82) is 0 Å². The molecular formula is C23H38IN5O2. The van der Waals surface area contributed by atoms with Crippen molar-refractivity contribution in [3.8, 4) is 0 Å². The van der Waals surface area contributed by atoms with Gasteiger partial charge in [0, 0.05) is 32.7 Å². The summed E-state index contributed by atoms with van der Waals surface area (Å²) in [7, 11) is 1.78. The van der Waals surface area contributed by atoms with Crippen LogP contribution in [0, 0.1) is 29.6 Å². The maximum atomic E-state index is 12.7. The highest BCUT2D eigenvalue weighted by Gasteiger charge is 2.58. The molecule has 2 saturated heterocycles. The number of allylic oxidation sites excluding steroid dienone is 2. The minimum atomic E-state index is -0.0894. The van der Waals surface area contributed by atoms with E-state index in [4.69, 9.17) is 0 Å². The Morgan fingerprint density at radius 2 is 1.71 bits per heavy atom. The van der Waals surface area contributed by atoms with E-state index in [0.717, 1.165) is 25.3 Å². The maximum absolute atomic E-state index is 12.7. The molecule has 8 heteroatoms. The maximum Gasteiger partial charge on any atom is 0.233 e. The minimum Gasteiger partial charge on any atom is -0.356 e. The SMILES string of the molecule is CN=C(NCCCN1C(=O)C2C3C=CC(C3)C2C1=O)NCC(C(C)C)N1CCCC1.I. The molecule has 5 unspecified atom stereocenters. The van der Waals surface area contributed by atoms with Crippen LogP contribution in [0.5, 0.6) is 0 Å². The van der Waals surface area contributed by atoms with Gasteiger partial charge in [-0.25, -0.2) is 0 Å². The molecule has 4 aliphatic rings. The number of carbonyl (C=O) groups is 2. The molecule has 0 aromatic rings. The number of likely N-dealkylation sites (tertiary alicyclic amines) is 2. The minimum absolute atomic E-state index is 0. The van der Waals surface area contributed by atoms with E-state index in [-0.39, 0.29) is 59.5 Å². The molecule has 31 heavy (non-hydrogen) atoms. The van der Waals surface area contributed by atoms with E-state index in [0.29, 0.717) is 25.0 Å². The van der Waals surface area contributed by atoms with Gasteiger partial charge in [0.05, 0.1) is 11.8 Å². The largest absolute Gasteiger partial charge is 0.356 e. The topological polar surface area (TPSA) is 77.0 Å². The van der Waals surface area contributed by atoms with Crippen molar-refractivity contribution in [2.24, 2.45) is 34.6 Å². The fraction of sp³-hybridized carbons (Fsp3) is 0.783. The first kappa shape index (κ1) is 24.5. The number of nitrogens with one attached hydrogen (secondary N) is 2. The lowest BCUT2D eigenvalue weighted by atomic mass is 9.85. The van der Waals surface area contributed by atoms with Gasteiger partial charge in [-0.05, 0) is 56.5 Å². The van der Waals surface area contributed by atoms with Crippen molar-refractivity contribution in [1.82, 2.24) is 20.4 Å². The van der Waals surface area contributed by atoms with Crippen LogP contribution >= 0.6 is 24.0 Å². The van der Waals surface area contributed by atoms with Gasteiger partial charge in [-0.3, -0.25) is 24.4 Å². The summed E-state index contributed by atoms with van der Waals surface area (Å²) in [6.45, 7) is 8.99. The number of guanidine groups is 1. The van der Waals surface area contributed by atoms with E-state index in [1.807, 2.05) is 0 Å². The van der Waals surface area contributed by atoms with Crippen molar-refractivity contribution < 1.29 is 9.59 Å². The predicted molar refractivity (Wildman–Crippen MR) is 133 cm³/mol. The molecular weight excluding hydrogens is 505 g/mol. The molecule has 0 aromatic carbocycles. The standard InChI is InChI=1S/C23H37N5O2.HI/c1-15(2)18(27-10-4-5-11-27)14-26-23(24-3)25-9-6-12-28-21(29)19-16-7-8-17(13-16)20(19)22(28)30;/h7-8,15-20H,4-6,9-14H2,1-3H3,(H2,24,25,26);1H. The Kier molecular flexibility index (Phi) is 8.40. The fourth-order valence-corrected chi connectivity index (χ4v) is 5.91. The summed E-state index contributed by atoms with van der Waals surface area (Å²) in [4.78, 5) is 33.9. The average molecular weight is 543 g/mol. The lowest BCUT2D eigenvalue weighted by Gasteiger charge is -2.31. The van der Waals surface area contributed by atoms with Gasteiger partial charge < -0.3 is 10.6 Å². The Morgan fingerprint density at radius 1 is 1.10 bits per heavy atom. The Balaban J connectivity index is 0.00000272. The zero-order valence-electron chi connectivity index (χ0n) is 19.0. The Bertz CT molecular complexity index is 689. The number of imide groups is 1. The van der Waals surface area contributed by atoms with Crippen molar-refractivity contribution in [3.63, 3.8) is 0 Å². The van der Waals surface area contributed by atoms with E-state index < -0.39 is 0 Å². The monoisotopic (exact) mass is 543 g/mol. The smallest absolute Gasteiger partial charge is 0.233 e. The average Bonchev–Trinajstić information content (AvgIpc) is 3.50. The molecule has 2 heterocycles. The lowest BCUT2D eigenvalue weighted by molar-refractivity contribution is -0.140. The zero-order chi connectivity index (χ0) is 21.3.